The highest BCUT2D eigenvalue weighted by Gasteiger charge is 2.18. The van der Waals surface area contributed by atoms with Crippen molar-refractivity contribution in [2.24, 2.45) is 0 Å². The molecule has 0 bridgehead atoms. The number of rotatable bonds is 4. The van der Waals surface area contributed by atoms with Crippen LogP contribution in [0.5, 0.6) is 11.5 Å². The molecule has 1 aliphatic rings. The number of ether oxygens (including phenoxy) is 2. The van der Waals surface area contributed by atoms with E-state index in [9.17, 15) is 4.79 Å². The molecule has 1 aliphatic heterocycles. The minimum Gasteiger partial charge on any atom is -0.491 e. The van der Waals surface area contributed by atoms with E-state index in [4.69, 9.17) is 9.47 Å². The van der Waals surface area contributed by atoms with E-state index in [1.165, 1.54) is 15.9 Å². The van der Waals surface area contributed by atoms with Crippen molar-refractivity contribution >= 4 is 28.4 Å². The molecule has 5 rings (SSSR count). The van der Waals surface area contributed by atoms with Crippen LogP contribution in [0.1, 0.15) is 26.3 Å². The first-order chi connectivity index (χ1) is 15.0. The van der Waals surface area contributed by atoms with Gasteiger partial charge >= 0.3 is 0 Å². The van der Waals surface area contributed by atoms with Crippen LogP contribution in [0.4, 0.5) is 0 Å². The number of nitrogens with zero attached hydrogens (tertiary/aromatic N) is 3. The Balaban J connectivity index is 1.49. The quantitative estimate of drug-likeness (QED) is 0.489. The Morgan fingerprint density at radius 2 is 1.94 bits per heavy atom. The summed E-state index contributed by atoms with van der Waals surface area (Å²) >= 11 is 1.33. The van der Waals surface area contributed by atoms with Crippen molar-refractivity contribution < 1.29 is 9.47 Å². The molecule has 2 aromatic heterocycles. The van der Waals surface area contributed by atoms with Gasteiger partial charge in [0.1, 0.15) is 17.6 Å². The lowest BCUT2D eigenvalue weighted by Gasteiger charge is -2.22. The van der Waals surface area contributed by atoms with Gasteiger partial charge in [-0.3, -0.25) is 4.79 Å². The largest absolute Gasteiger partial charge is 0.491 e. The highest BCUT2D eigenvalue weighted by atomic mass is 32.1. The molecule has 0 spiro atoms. The van der Waals surface area contributed by atoms with Crippen LogP contribution >= 0.6 is 11.3 Å². The molecule has 0 amide bonds. The summed E-state index contributed by atoms with van der Waals surface area (Å²) in [6.45, 7) is 5.95. The van der Waals surface area contributed by atoms with E-state index in [1.54, 1.807) is 0 Å². The number of benzene rings is 2. The molecular weight excluding hydrogens is 410 g/mol. The first kappa shape index (κ1) is 19.5. The van der Waals surface area contributed by atoms with Crippen molar-refractivity contribution in [1.29, 1.82) is 0 Å². The third kappa shape index (κ3) is 3.72. The van der Waals surface area contributed by atoms with E-state index in [0.29, 0.717) is 15.3 Å². The van der Waals surface area contributed by atoms with Gasteiger partial charge < -0.3 is 9.47 Å². The fourth-order valence-electron chi connectivity index (χ4n) is 3.48. The lowest BCUT2D eigenvalue weighted by atomic mass is 10.0. The lowest BCUT2D eigenvalue weighted by molar-refractivity contribution is 0.242. The second-order valence-corrected chi connectivity index (χ2v) is 8.69. The number of fused-ring (bicyclic) bond motifs is 2. The van der Waals surface area contributed by atoms with Gasteiger partial charge in [0.25, 0.3) is 5.56 Å². The van der Waals surface area contributed by atoms with E-state index in [1.807, 2.05) is 75.4 Å². The Bertz CT molecular complexity index is 1400. The molecule has 1 atom stereocenters. The van der Waals surface area contributed by atoms with E-state index in [2.05, 4.69) is 16.2 Å². The average molecular weight is 432 g/mol. The standard InChI is InChI=1S/C24H21N3O3S/c1-14(2)29-19-10-8-16(9-11-19)22-25-24-27(26-22)23(28)21(31-24)13-18-12-17-6-4-5-7-20(17)30-15(18)3/h4-15H,1-3H3/b21-13-/t15-/m0/s1. The summed E-state index contributed by atoms with van der Waals surface area (Å²) < 4.78 is 13.6. The maximum Gasteiger partial charge on any atom is 0.291 e. The Hall–Kier alpha value is -3.45. The summed E-state index contributed by atoms with van der Waals surface area (Å²) in [5, 5.41) is 4.43. The van der Waals surface area contributed by atoms with Crippen LogP contribution in [0.2, 0.25) is 0 Å². The topological polar surface area (TPSA) is 65.7 Å². The summed E-state index contributed by atoms with van der Waals surface area (Å²) in [5.41, 5.74) is 2.61. The van der Waals surface area contributed by atoms with Crippen LogP contribution in [0.15, 0.2) is 58.9 Å². The normalized spacial score (nSPS) is 16.3. The first-order valence-corrected chi connectivity index (χ1v) is 11.0. The van der Waals surface area contributed by atoms with Crippen LogP contribution in [0.25, 0.3) is 28.5 Å². The number of hydrogen-bond donors (Lipinski definition) is 0. The zero-order chi connectivity index (χ0) is 21.5. The number of hydrogen-bond acceptors (Lipinski definition) is 6. The SMILES string of the molecule is CC(C)Oc1ccc(-c2nc3s/c(=C\C4=Cc5ccccc5O[C@H]4C)c(=O)n3n2)cc1. The van der Waals surface area contributed by atoms with Crippen molar-refractivity contribution in [1.82, 2.24) is 14.6 Å². The number of aromatic nitrogens is 3. The van der Waals surface area contributed by atoms with Gasteiger partial charge in [0.2, 0.25) is 4.96 Å². The predicted octanol–water partition coefficient (Wildman–Crippen LogP) is 3.97. The molecule has 0 saturated carbocycles. The zero-order valence-electron chi connectivity index (χ0n) is 17.4. The Morgan fingerprint density at radius 3 is 2.68 bits per heavy atom. The van der Waals surface area contributed by atoms with Crippen LogP contribution in [0, 0.1) is 0 Å². The zero-order valence-corrected chi connectivity index (χ0v) is 18.2. The summed E-state index contributed by atoms with van der Waals surface area (Å²) in [6.07, 6.45) is 3.91. The third-order valence-corrected chi connectivity index (χ3v) is 5.94. The molecular formula is C24H21N3O3S. The summed E-state index contributed by atoms with van der Waals surface area (Å²) in [7, 11) is 0. The number of para-hydroxylation sites is 1. The van der Waals surface area contributed by atoms with Crippen molar-refractivity contribution in [3.05, 3.63) is 74.6 Å². The third-order valence-electron chi connectivity index (χ3n) is 4.98. The second-order valence-electron chi connectivity index (χ2n) is 7.68. The lowest BCUT2D eigenvalue weighted by Crippen LogP contribution is -2.26. The van der Waals surface area contributed by atoms with Gasteiger partial charge in [-0.15, -0.1) is 5.10 Å². The van der Waals surface area contributed by atoms with Gasteiger partial charge in [0.15, 0.2) is 5.82 Å². The van der Waals surface area contributed by atoms with Gasteiger partial charge in [-0.1, -0.05) is 29.5 Å². The molecule has 6 nitrogen and oxygen atoms in total. The molecule has 3 heterocycles. The fourth-order valence-corrected chi connectivity index (χ4v) is 4.39. The predicted molar refractivity (Wildman–Crippen MR) is 123 cm³/mol. The monoisotopic (exact) mass is 431 g/mol. The molecule has 4 aromatic rings. The molecule has 7 heteroatoms. The molecule has 0 saturated heterocycles. The van der Waals surface area contributed by atoms with Gasteiger partial charge in [-0.2, -0.15) is 9.50 Å². The highest BCUT2D eigenvalue weighted by Crippen LogP contribution is 2.29. The van der Waals surface area contributed by atoms with Crippen LogP contribution in [0.3, 0.4) is 0 Å². The maximum absolute atomic E-state index is 12.9. The smallest absolute Gasteiger partial charge is 0.291 e. The van der Waals surface area contributed by atoms with Gasteiger partial charge in [-0.05, 0) is 68.8 Å². The van der Waals surface area contributed by atoms with Gasteiger partial charge in [0, 0.05) is 11.1 Å². The van der Waals surface area contributed by atoms with Gasteiger partial charge in [0.05, 0.1) is 10.6 Å². The van der Waals surface area contributed by atoms with Gasteiger partial charge in [-0.25, -0.2) is 0 Å². The van der Waals surface area contributed by atoms with E-state index < -0.39 is 0 Å². The maximum atomic E-state index is 12.9. The van der Waals surface area contributed by atoms with Crippen molar-refractivity contribution in [2.45, 2.75) is 33.0 Å². The number of thiazole rings is 1. The minimum atomic E-state index is -0.175. The summed E-state index contributed by atoms with van der Waals surface area (Å²) in [5.74, 6) is 2.17. The molecule has 0 fully saturated rings. The van der Waals surface area contributed by atoms with Crippen LogP contribution < -0.4 is 19.6 Å². The van der Waals surface area contributed by atoms with Crippen molar-refractivity contribution in [3.63, 3.8) is 0 Å². The van der Waals surface area contributed by atoms with E-state index in [0.717, 1.165) is 28.2 Å². The van der Waals surface area contributed by atoms with Crippen LogP contribution in [-0.4, -0.2) is 26.8 Å². The Labute approximate surface area is 183 Å². The van der Waals surface area contributed by atoms with Crippen LogP contribution in [-0.2, 0) is 0 Å². The summed E-state index contributed by atoms with van der Waals surface area (Å²) in [4.78, 5) is 18.1. The average Bonchev–Trinajstić information content (AvgIpc) is 3.28. The molecule has 0 aliphatic carbocycles. The van der Waals surface area contributed by atoms with Crippen molar-refractivity contribution in [2.75, 3.05) is 0 Å². The molecule has 0 unspecified atom stereocenters. The molecule has 0 radical (unpaired) electrons. The Kier molecular flexibility index (Phi) is 4.82. The second kappa shape index (κ2) is 7.67. The molecule has 156 valence electrons. The first-order valence-electron chi connectivity index (χ1n) is 10.1. The minimum absolute atomic E-state index is 0.112. The van der Waals surface area contributed by atoms with Crippen molar-refractivity contribution in [3.8, 4) is 22.9 Å². The Morgan fingerprint density at radius 1 is 1.16 bits per heavy atom. The van der Waals surface area contributed by atoms with E-state index in [-0.39, 0.29) is 17.8 Å². The summed E-state index contributed by atoms with van der Waals surface area (Å²) in [6, 6.07) is 15.4. The molecule has 0 N–H and O–H groups in total. The highest BCUT2D eigenvalue weighted by molar-refractivity contribution is 7.15. The molecule has 31 heavy (non-hydrogen) atoms. The molecule has 2 aromatic carbocycles. The van der Waals surface area contributed by atoms with E-state index >= 15 is 0 Å². The fraction of sp³-hybridized carbons (Fsp3) is 0.208.